The van der Waals surface area contributed by atoms with E-state index in [9.17, 15) is 0 Å². The lowest BCUT2D eigenvalue weighted by Gasteiger charge is -2.31. The third-order valence-electron chi connectivity index (χ3n) is 4.81. The summed E-state index contributed by atoms with van der Waals surface area (Å²) in [5, 5.41) is 3.75. The van der Waals surface area contributed by atoms with E-state index in [1.807, 2.05) is 6.07 Å². The minimum Gasteiger partial charge on any atom is -0.486 e. The Morgan fingerprint density at radius 1 is 1.10 bits per heavy atom. The minimum atomic E-state index is 0.657. The number of rotatable bonds is 3. The molecule has 1 N–H and O–H groups in total. The van der Waals surface area contributed by atoms with E-state index in [1.165, 1.54) is 38.0 Å². The van der Waals surface area contributed by atoms with E-state index >= 15 is 0 Å². The van der Waals surface area contributed by atoms with Gasteiger partial charge < -0.3 is 19.7 Å². The molecule has 108 valence electrons. The van der Waals surface area contributed by atoms with Gasteiger partial charge in [0.2, 0.25) is 0 Å². The third-order valence-corrected chi connectivity index (χ3v) is 4.81. The average molecular weight is 274 g/mol. The Labute approximate surface area is 120 Å². The molecule has 0 aliphatic carbocycles. The van der Waals surface area contributed by atoms with Crippen LogP contribution < -0.4 is 14.8 Å². The Balaban J connectivity index is 1.39. The molecule has 2 fully saturated rings. The number of hydrogen-bond acceptors (Lipinski definition) is 4. The zero-order valence-electron chi connectivity index (χ0n) is 11.8. The zero-order chi connectivity index (χ0) is 13.4. The van der Waals surface area contributed by atoms with Crippen LogP contribution in [0.3, 0.4) is 0 Å². The van der Waals surface area contributed by atoms with Gasteiger partial charge in [-0.1, -0.05) is 6.07 Å². The first kappa shape index (κ1) is 12.5. The van der Waals surface area contributed by atoms with Crippen molar-refractivity contribution in [1.29, 1.82) is 0 Å². The van der Waals surface area contributed by atoms with Crippen LogP contribution in [0.4, 0.5) is 0 Å². The molecule has 0 radical (unpaired) electrons. The summed E-state index contributed by atoms with van der Waals surface area (Å²) < 4.78 is 11.2. The van der Waals surface area contributed by atoms with Crippen LogP contribution in [0.1, 0.15) is 18.4 Å². The van der Waals surface area contributed by atoms with Crippen LogP contribution in [0.15, 0.2) is 18.2 Å². The normalized spacial score (nSPS) is 31.3. The molecule has 3 aliphatic heterocycles. The van der Waals surface area contributed by atoms with Gasteiger partial charge in [-0.2, -0.15) is 0 Å². The summed E-state index contributed by atoms with van der Waals surface area (Å²) in [6.45, 7) is 6.09. The van der Waals surface area contributed by atoms with Crippen LogP contribution in [0, 0.1) is 5.92 Å². The van der Waals surface area contributed by atoms with Crippen LogP contribution in [-0.4, -0.2) is 43.8 Å². The largest absolute Gasteiger partial charge is 0.486 e. The van der Waals surface area contributed by atoms with Crippen LogP contribution >= 0.6 is 0 Å². The molecule has 0 aromatic heterocycles. The monoisotopic (exact) mass is 274 g/mol. The molecule has 2 saturated heterocycles. The Hall–Kier alpha value is -1.26. The lowest BCUT2D eigenvalue weighted by atomic mass is 9.94. The molecule has 2 bridgehead atoms. The van der Waals surface area contributed by atoms with E-state index in [1.54, 1.807) is 0 Å². The number of ether oxygens (including phenoxy) is 2. The number of benzene rings is 1. The van der Waals surface area contributed by atoms with Crippen LogP contribution in [0.5, 0.6) is 11.5 Å². The van der Waals surface area contributed by atoms with Gasteiger partial charge in [0.25, 0.3) is 0 Å². The molecular formula is C16H22N2O2. The number of nitrogens with one attached hydrogen (secondary N) is 1. The molecule has 20 heavy (non-hydrogen) atoms. The van der Waals surface area contributed by atoms with Crippen molar-refractivity contribution < 1.29 is 9.47 Å². The second-order valence-electron chi connectivity index (χ2n) is 6.10. The van der Waals surface area contributed by atoms with Crippen LogP contribution in [0.2, 0.25) is 0 Å². The molecule has 1 aromatic rings. The predicted octanol–water partition coefficient (Wildman–Crippen LogP) is 1.64. The van der Waals surface area contributed by atoms with E-state index in [4.69, 9.17) is 9.47 Å². The van der Waals surface area contributed by atoms with Crippen LogP contribution in [0.25, 0.3) is 0 Å². The average Bonchev–Trinajstić information content (AvgIpc) is 2.88. The van der Waals surface area contributed by atoms with Crippen molar-refractivity contribution in [3.05, 3.63) is 23.8 Å². The second-order valence-corrected chi connectivity index (χ2v) is 6.10. The van der Waals surface area contributed by atoms with Crippen molar-refractivity contribution in [2.75, 3.05) is 32.8 Å². The van der Waals surface area contributed by atoms with Gasteiger partial charge in [-0.15, -0.1) is 0 Å². The van der Waals surface area contributed by atoms with E-state index in [0.29, 0.717) is 19.3 Å². The van der Waals surface area contributed by atoms with Gasteiger partial charge in [0, 0.05) is 19.1 Å². The minimum absolute atomic E-state index is 0.657. The highest BCUT2D eigenvalue weighted by Gasteiger charge is 2.33. The van der Waals surface area contributed by atoms with Gasteiger partial charge in [0.05, 0.1) is 0 Å². The predicted molar refractivity (Wildman–Crippen MR) is 77.2 cm³/mol. The number of nitrogens with zero attached hydrogens (tertiary/aromatic N) is 1. The zero-order valence-corrected chi connectivity index (χ0v) is 11.8. The van der Waals surface area contributed by atoms with E-state index in [2.05, 4.69) is 22.3 Å². The topological polar surface area (TPSA) is 33.7 Å². The van der Waals surface area contributed by atoms with Crippen molar-refractivity contribution in [3.63, 3.8) is 0 Å². The SMILES string of the molecule is c1cc2c(cc1CNC1CCN3CCC1C3)OCCO2. The lowest BCUT2D eigenvalue weighted by Crippen LogP contribution is -2.43. The molecule has 4 rings (SSSR count). The van der Waals surface area contributed by atoms with Gasteiger partial charge in [-0.3, -0.25) is 0 Å². The summed E-state index contributed by atoms with van der Waals surface area (Å²) in [6.07, 6.45) is 2.65. The molecule has 3 aliphatic rings. The molecule has 0 saturated carbocycles. The van der Waals surface area contributed by atoms with E-state index < -0.39 is 0 Å². The Morgan fingerprint density at radius 3 is 2.90 bits per heavy atom. The fourth-order valence-corrected chi connectivity index (χ4v) is 3.67. The standard InChI is InChI=1S/C16H22N2O2/c1-2-15-16(20-8-7-19-15)9-12(1)10-17-14-4-6-18-5-3-13(14)11-18/h1-2,9,13-14,17H,3-8,10-11H2. The summed E-state index contributed by atoms with van der Waals surface area (Å²) in [7, 11) is 0. The summed E-state index contributed by atoms with van der Waals surface area (Å²) in [5.41, 5.74) is 1.29. The molecule has 3 atom stereocenters. The van der Waals surface area contributed by atoms with Crippen molar-refractivity contribution in [2.45, 2.75) is 25.4 Å². The van der Waals surface area contributed by atoms with Gasteiger partial charge in [0.15, 0.2) is 11.5 Å². The maximum atomic E-state index is 5.65. The van der Waals surface area contributed by atoms with Gasteiger partial charge in [-0.05, 0) is 49.5 Å². The summed E-state index contributed by atoms with van der Waals surface area (Å²) in [6, 6.07) is 6.97. The van der Waals surface area contributed by atoms with Gasteiger partial charge >= 0.3 is 0 Å². The van der Waals surface area contributed by atoms with Crippen molar-refractivity contribution in [1.82, 2.24) is 10.2 Å². The number of piperidine rings is 1. The molecule has 1 aromatic carbocycles. The molecular weight excluding hydrogens is 252 g/mol. The number of fused-ring (bicyclic) bond motifs is 3. The van der Waals surface area contributed by atoms with Gasteiger partial charge in [0.1, 0.15) is 13.2 Å². The first-order valence-electron chi connectivity index (χ1n) is 7.73. The molecule has 4 nitrogen and oxygen atoms in total. The Bertz CT molecular complexity index is 491. The Morgan fingerprint density at radius 2 is 1.95 bits per heavy atom. The highest BCUT2D eigenvalue weighted by atomic mass is 16.6. The summed E-state index contributed by atoms with van der Waals surface area (Å²) >= 11 is 0. The quantitative estimate of drug-likeness (QED) is 0.908. The van der Waals surface area contributed by atoms with Crippen molar-refractivity contribution >= 4 is 0 Å². The smallest absolute Gasteiger partial charge is 0.161 e. The first-order valence-corrected chi connectivity index (χ1v) is 7.73. The van der Waals surface area contributed by atoms with Crippen molar-refractivity contribution in [2.24, 2.45) is 5.92 Å². The highest BCUT2D eigenvalue weighted by molar-refractivity contribution is 5.43. The lowest BCUT2D eigenvalue weighted by molar-refractivity contribution is 0.171. The maximum Gasteiger partial charge on any atom is 0.161 e. The molecule has 3 unspecified atom stereocenters. The van der Waals surface area contributed by atoms with Crippen LogP contribution in [-0.2, 0) is 6.54 Å². The first-order chi connectivity index (χ1) is 9.88. The van der Waals surface area contributed by atoms with Gasteiger partial charge in [-0.25, -0.2) is 0 Å². The third kappa shape index (κ3) is 2.38. The molecule has 0 amide bonds. The van der Waals surface area contributed by atoms with E-state index in [0.717, 1.165) is 24.0 Å². The second kappa shape index (κ2) is 5.26. The Kier molecular flexibility index (Phi) is 3.28. The van der Waals surface area contributed by atoms with E-state index in [-0.39, 0.29) is 0 Å². The number of hydrogen-bond donors (Lipinski definition) is 1. The highest BCUT2D eigenvalue weighted by Crippen LogP contribution is 2.31. The maximum absolute atomic E-state index is 5.65. The summed E-state index contributed by atoms with van der Waals surface area (Å²) in [5.74, 6) is 2.62. The van der Waals surface area contributed by atoms with Crippen molar-refractivity contribution in [3.8, 4) is 11.5 Å². The molecule has 0 spiro atoms. The fraction of sp³-hybridized carbons (Fsp3) is 0.625. The molecule has 3 heterocycles. The summed E-state index contributed by atoms with van der Waals surface area (Å²) in [4.78, 5) is 2.59. The fourth-order valence-electron chi connectivity index (χ4n) is 3.67. The molecule has 4 heteroatoms.